The summed E-state index contributed by atoms with van der Waals surface area (Å²) in [6, 6.07) is 8.18. The van der Waals surface area contributed by atoms with Gasteiger partial charge in [0.25, 0.3) is 0 Å². The molecule has 2 aromatic rings. The first-order valence-corrected chi connectivity index (χ1v) is 9.77. The zero-order valence-electron chi connectivity index (χ0n) is 15.6. The number of hydrogen-bond donors (Lipinski definition) is 0. The number of nitrogens with zero attached hydrogens (tertiary/aromatic N) is 4. The molecule has 6 nitrogen and oxygen atoms in total. The Morgan fingerprint density at radius 3 is 2.73 bits per heavy atom. The van der Waals surface area contributed by atoms with Crippen LogP contribution >= 0.6 is 11.3 Å². The topological polar surface area (TPSA) is 56.8 Å². The Morgan fingerprint density at radius 1 is 1.23 bits per heavy atom. The second-order valence-electron chi connectivity index (χ2n) is 7.16. The van der Waals surface area contributed by atoms with Gasteiger partial charge in [-0.3, -0.25) is 14.5 Å². The van der Waals surface area contributed by atoms with Crippen LogP contribution in [0.1, 0.15) is 23.8 Å². The summed E-state index contributed by atoms with van der Waals surface area (Å²) in [6.07, 6.45) is 2.06. The first-order chi connectivity index (χ1) is 12.4. The Balaban J connectivity index is 1.60. The molecular formula is C19H26N4O2S. The summed E-state index contributed by atoms with van der Waals surface area (Å²) in [4.78, 5) is 34.5. The predicted molar refractivity (Wildman–Crippen MR) is 104 cm³/mol. The SMILES string of the molecule is CN(CC(=O)N(C)C)CC(=O)N1CCC[C@H](c2nc3ccccc3s2)C1. The minimum Gasteiger partial charge on any atom is -0.348 e. The van der Waals surface area contributed by atoms with Crippen molar-refractivity contribution in [3.8, 4) is 0 Å². The van der Waals surface area contributed by atoms with Gasteiger partial charge in [-0.25, -0.2) is 4.98 Å². The maximum atomic E-state index is 12.7. The lowest BCUT2D eigenvalue weighted by Crippen LogP contribution is -2.45. The number of rotatable bonds is 5. The van der Waals surface area contributed by atoms with Crippen molar-refractivity contribution in [2.75, 3.05) is 47.3 Å². The zero-order valence-corrected chi connectivity index (χ0v) is 16.5. The molecule has 0 N–H and O–H groups in total. The summed E-state index contributed by atoms with van der Waals surface area (Å²) in [5.41, 5.74) is 1.04. The Morgan fingerprint density at radius 2 is 2.00 bits per heavy atom. The van der Waals surface area contributed by atoms with Gasteiger partial charge in [-0.05, 0) is 32.0 Å². The molecule has 0 aliphatic carbocycles. The molecule has 1 aromatic carbocycles. The maximum Gasteiger partial charge on any atom is 0.236 e. The second kappa shape index (κ2) is 8.14. The Hall–Kier alpha value is -1.99. The van der Waals surface area contributed by atoms with Gasteiger partial charge in [0.15, 0.2) is 0 Å². The largest absolute Gasteiger partial charge is 0.348 e. The quantitative estimate of drug-likeness (QED) is 0.803. The highest BCUT2D eigenvalue weighted by molar-refractivity contribution is 7.18. The lowest BCUT2D eigenvalue weighted by Gasteiger charge is -2.33. The molecule has 2 amide bonds. The number of carbonyl (C=O) groups is 2. The highest BCUT2D eigenvalue weighted by atomic mass is 32.1. The summed E-state index contributed by atoms with van der Waals surface area (Å²) < 4.78 is 1.20. The molecule has 1 aliphatic heterocycles. The highest BCUT2D eigenvalue weighted by Crippen LogP contribution is 2.32. The number of benzene rings is 1. The third-order valence-electron chi connectivity index (χ3n) is 4.74. The van der Waals surface area contributed by atoms with Crippen molar-refractivity contribution in [3.63, 3.8) is 0 Å². The molecule has 0 bridgehead atoms. The van der Waals surface area contributed by atoms with Gasteiger partial charge < -0.3 is 9.80 Å². The molecule has 26 heavy (non-hydrogen) atoms. The van der Waals surface area contributed by atoms with Gasteiger partial charge in [0, 0.05) is 33.1 Å². The normalized spacial score (nSPS) is 17.7. The minimum absolute atomic E-state index is 0.00583. The van der Waals surface area contributed by atoms with E-state index in [1.807, 2.05) is 30.1 Å². The lowest BCUT2D eigenvalue weighted by molar-refractivity contribution is -0.135. The second-order valence-corrected chi connectivity index (χ2v) is 8.22. The first kappa shape index (κ1) is 18.8. The highest BCUT2D eigenvalue weighted by Gasteiger charge is 2.27. The molecule has 1 saturated heterocycles. The number of likely N-dealkylation sites (tertiary alicyclic amines) is 1. The summed E-state index contributed by atoms with van der Waals surface area (Å²) in [5, 5.41) is 1.12. The number of carbonyl (C=O) groups excluding carboxylic acids is 2. The summed E-state index contributed by atoms with van der Waals surface area (Å²) >= 11 is 1.73. The van der Waals surface area contributed by atoms with Crippen LogP contribution in [0.3, 0.4) is 0 Å². The molecule has 2 heterocycles. The van der Waals surface area contributed by atoms with E-state index in [1.54, 1.807) is 35.2 Å². The van der Waals surface area contributed by atoms with Crippen LogP contribution in [0.4, 0.5) is 0 Å². The van der Waals surface area contributed by atoms with Crippen LogP contribution in [0.2, 0.25) is 0 Å². The van der Waals surface area contributed by atoms with Gasteiger partial charge in [0.1, 0.15) is 0 Å². The van der Waals surface area contributed by atoms with E-state index in [9.17, 15) is 9.59 Å². The smallest absolute Gasteiger partial charge is 0.236 e. The number of likely N-dealkylation sites (N-methyl/N-ethyl adjacent to an activating group) is 2. The van der Waals surface area contributed by atoms with Gasteiger partial charge in [-0.1, -0.05) is 12.1 Å². The molecule has 0 spiro atoms. The van der Waals surface area contributed by atoms with Gasteiger partial charge in [-0.15, -0.1) is 11.3 Å². The number of para-hydroxylation sites is 1. The molecular weight excluding hydrogens is 348 g/mol. The fourth-order valence-corrected chi connectivity index (χ4v) is 4.32. The lowest BCUT2D eigenvalue weighted by atomic mass is 9.98. The first-order valence-electron chi connectivity index (χ1n) is 8.96. The zero-order chi connectivity index (χ0) is 18.7. The van der Waals surface area contributed by atoms with Crippen LogP contribution in [-0.4, -0.2) is 78.8 Å². The molecule has 1 aliphatic rings. The number of amides is 2. The molecule has 1 fully saturated rings. The maximum absolute atomic E-state index is 12.7. The van der Waals surface area contributed by atoms with Crippen molar-refractivity contribution >= 4 is 33.4 Å². The Kier molecular flexibility index (Phi) is 5.88. The number of hydrogen-bond acceptors (Lipinski definition) is 5. The van der Waals surface area contributed by atoms with Crippen LogP contribution in [0.25, 0.3) is 10.2 Å². The number of fused-ring (bicyclic) bond motifs is 1. The van der Waals surface area contributed by atoms with Crippen LogP contribution in [0.5, 0.6) is 0 Å². The standard InChI is InChI=1S/C19H26N4O2S/c1-21(2)17(24)12-22(3)13-18(25)23-10-6-7-14(11-23)19-20-15-8-4-5-9-16(15)26-19/h4-5,8-9,14H,6-7,10-13H2,1-3H3/t14-/m0/s1. The fourth-order valence-electron chi connectivity index (χ4n) is 3.23. The van der Waals surface area contributed by atoms with Crippen LogP contribution in [0, 0.1) is 0 Å². The van der Waals surface area contributed by atoms with Crippen molar-refractivity contribution in [3.05, 3.63) is 29.3 Å². The molecule has 0 radical (unpaired) electrons. The van der Waals surface area contributed by atoms with E-state index in [0.717, 1.165) is 29.9 Å². The molecule has 1 aromatic heterocycles. The van der Waals surface area contributed by atoms with E-state index in [4.69, 9.17) is 4.98 Å². The summed E-state index contributed by atoms with van der Waals surface area (Å²) in [7, 11) is 5.27. The van der Waals surface area contributed by atoms with Crippen LogP contribution in [-0.2, 0) is 9.59 Å². The molecule has 140 valence electrons. The monoisotopic (exact) mass is 374 g/mol. The van der Waals surface area contributed by atoms with Crippen molar-refractivity contribution in [1.82, 2.24) is 19.7 Å². The van der Waals surface area contributed by atoms with Crippen LogP contribution < -0.4 is 0 Å². The molecule has 1 atom stereocenters. The molecule has 0 saturated carbocycles. The summed E-state index contributed by atoms with van der Waals surface area (Å²) in [5.74, 6) is 0.398. The Bertz CT molecular complexity index is 756. The van der Waals surface area contributed by atoms with Gasteiger partial charge in [-0.2, -0.15) is 0 Å². The van der Waals surface area contributed by atoms with E-state index >= 15 is 0 Å². The third-order valence-corrected chi connectivity index (χ3v) is 5.94. The van der Waals surface area contributed by atoms with E-state index < -0.39 is 0 Å². The van der Waals surface area contributed by atoms with Crippen molar-refractivity contribution in [2.24, 2.45) is 0 Å². The van der Waals surface area contributed by atoms with E-state index in [0.29, 0.717) is 12.5 Å². The number of aromatic nitrogens is 1. The van der Waals surface area contributed by atoms with E-state index in [1.165, 1.54) is 4.70 Å². The van der Waals surface area contributed by atoms with Gasteiger partial charge in [0.05, 0.1) is 28.3 Å². The number of thiazole rings is 1. The Labute approximate surface area is 158 Å². The molecule has 7 heteroatoms. The fraction of sp³-hybridized carbons (Fsp3) is 0.526. The van der Waals surface area contributed by atoms with Crippen molar-refractivity contribution in [1.29, 1.82) is 0 Å². The average Bonchev–Trinajstić information content (AvgIpc) is 3.05. The summed E-state index contributed by atoms with van der Waals surface area (Å²) in [6.45, 7) is 2.03. The third kappa shape index (κ3) is 4.40. The van der Waals surface area contributed by atoms with Gasteiger partial charge in [0.2, 0.25) is 11.8 Å². The predicted octanol–water partition coefficient (Wildman–Crippen LogP) is 2.02. The average molecular weight is 375 g/mol. The molecule has 0 unspecified atom stereocenters. The van der Waals surface area contributed by atoms with E-state index in [2.05, 4.69) is 6.07 Å². The molecule has 3 rings (SSSR count). The minimum atomic E-state index is 0.00583. The van der Waals surface area contributed by atoms with E-state index in [-0.39, 0.29) is 24.9 Å². The van der Waals surface area contributed by atoms with Gasteiger partial charge >= 0.3 is 0 Å². The van der Waals surface area contributed by atoms with Crippen LogP contribution in [0.15, 0.2) is 24.3 Å². The van der Waals surface area contributed by atoms with Crippen molar-refractivity contribution < 1.29 is 9.59 Å². The van der Waals surface area contributed by atoms with Crippen molar-refractivity contribution in [2.45, 2.75) is 18.8 Å². The number of piperidine rings is 1.